The van der Waals surface area contributed by atoms with E-state index in [1.54, 1.807) is 19.9 Å². The zero-order valence-electron chi connectivity index (χ0n) is 12.2. The van der Waals surface area contributed by atoms with Gasteiger partial charge in [-0.25, -0.2) is 0 Å². The van der Waals surface area contributed by atoms with Crippen molar-refractivity contribution in [2.24, 2.45) is 5.92 Å². The number of benzene rings is 2. The lowest BCUT2D eigenvalue weighted by atomic mass is 9.98. The zero-order valence-corrected chi connectivity index (χ0v) is 12.2. The molecule has 0 aliphatic rings. The van der Waals surface area contributed by atoms with E-state index >= 15 is 0 Å². The maximum absolute atomic E-state index is 11.9. The molecule has 0 saturated heterocycles. The van der Waals surface area contributed by atoms with Gasteiger partial charge in [-0.15, -0.1) is 0 Å². The molecule has 2 rings (SSSR count). The highest BCUT2D eigenvalue weighted by molar-refractivity contribution is 6.04. The van der Waals surface area contributed by atoms with Crippen LogP contribution in [0.3, 0.4) is 0 Å². The van der Waals surface area contributed by atoms with Crippen molar-refractivity contribution in [3.8, 4) is 17.2 Å². The molecule has 0 fully saturated rings. The number of hydrogen-bond acceptors (Lipinski definition) is 2. The topological polar surface area (TPSA) is 40.9 Å². The Morgan fingerprint density at radius 3 is 2.10 bits per heavy atom. The van der Waals surface area contributed by atoms with E-state index in [0.717, 1.165) is 16.7 Å². The Morgan fingerprint density at radius 1 is 1.00 bits per heavy atom. The van der Waals surface area contributed by atoms with Gasteiger partial charge < -0.3 is 0 Å². The Hall–Kier alpha value is -2.66. The van der Waals surface area contributed by atoms with Crippen LogP contribution in [0.25, 0.3) is 17.2 Å². The smallest absolute Gasteiger partial charge is 0.175 e. The summed E-state index contributed by atoms with van der Waals surface area (Å²) < 4.78 is 0. The Kier molecular flexibility index (Phi) is 4.68. The maximum atomic E-state index is 11.9. The van der Waals surface area contributed by atoms with Gasteiger partial charge in [-0.3, -0.25) is 4.79 Å². The maximum Gasteiger partial charge on any atom is 0.175 e. The number of carbonyl (C=O) groups is 1. The van der Waals surface area contributed by atoms with Crippen molar-refractivity contribution in [1.82, 2.24) is 0 Å². The minimum Gasteiger partial charge on any atom is -0.293 e. The summed E-state index contributed by atoms with van der Waals surface area (Å²) in [5, 5.41) is 9.10. The van der Waals surface area contributed by atoms with E-state index in [1.165, 1.54) is 0 Å². The zero-order chi connectivity index (χ0) is 15.2. The first-order valence-electron chi connectivity index (χ1n) is 6.93. The first-order valence-corrected chi connectivity index (χ1v) is 6.93. The summed E-state index contributed by atoms with van der Waals surface area (Å²) in [6.45, 7) is 3.60. The van der Waals surface area contributed by atoms with Gasteiger partial charge in [-0.2, -0.15) is 5.26 Å². The molecule has 0 aromatic heterocycles. The predicted octanol–water partition coefficient (Wildman–Crippen LogP) is 4.49. The molecular formula is C19H17NO. The van der Waals surface area contributed by atoms with E-state index in [1.807, 2.05) is 60.7 Å². The van der Waals surface area contributed by atoms with E-state index in [-0.39, 0.29) is 17.3 Å². The van der Waals surface area contributed by atoms with Gasteiger partial charge >= 0.3 is 0 Å². The van der Waals surface area contributed by atoms with E-state index in [0.29, 0.717) is 0 Å². The number of allylic oxidation sites excluding steroid dienone is 1. The van der Waals surface area contributed by atoms with Gasteiger partial charge in [0.05, 0.1) is 5.57 Å². The molecule has 0 spiro atoms. The molecule has 0 N–H and O–H groups in total. The van der Waals surface area contributed by atoms with Crippen LogP contribution in [0.4, 0.5) is 0 Å². The van der Waals surface area contributed by atoms with Crippen LogP contribution < -0.4 is 0 Å². The van der Waals surface area contributed by atoms with Crippen LogP contribution >= 0.6 is 0 Å². The highest BCUT2D eigenvalue weighted by atomic mass is 16.1. The normalized spacial score (nSPS) is 11.2. The Balaban J connectivity index is 2.27. The molecule has 0 aliphatic heterocycles. The molecule has 0 radical (unpaired) electrons. The summed E-state index contributed by atoms with van der Waals surface area (Å²) in [6, 6.07) is 19.9. The fourth-order valence-corrected chi connectivity index (χ4v) is 2.04. The molecule has 0 heterocycles. The van der Waals surface area contributed by atoms with Gasteiger partial charge in [0.1, 0.15) is 6.07 Å². The highest BCUT2D eigenvalue weighted by Crippen LogP contribution is 2.20. The monoisotopic (exact) mass is 275 g/mol. The van der Waals surface area contributed by atoms with Gasteiger partial charge in [0.2, 0.25) is 0 Å². The molecule has 0 unspecified atom stereocenters. The van der Waals surface area contributed by atoms with Crippen molar-refractivity contribution >= 4 is 11.9 Å². The summed E-state index contributed by atoms with van der Waals surface area (Å²) in [4.78, 5) is 11.9. The number of nitrogens with zero attached hydrogens (tertiary/aromatic N) is 1. The largest absolute Gasteiger partial charge is 0.293 e. The quantitative estimate of drug-likeness (QED) is 0.609. The third-order valence-electron chi connectivity index (χ3n) is 3.24. The van der Waals surface area contributed by atoms with Gasteiger partial charge in [0.15, 0.2) is 5.78 Å². The van der Waals surface area contributed by atoms with Crippen LogP contribution in [0.5, 0.6) is 0 Å². The molecule has 2 nitrogen and oxygen atoms in total. The minimum atomic E-state index is -0.167. The fourth-order valence-electron chi connectivity index (χ4n) is 2.04. The van der Waals surface area contributed by atoms with Crippen molar-refractivity contribution < 1.29 is 4.79 Å². The van der Waals surface area contributed by atoms with E-state index in [4.69, 9.17) is 5.26 Å². The van der Waals surface area contributed by atoms with Crippen LogP contribution in [0.1, 0.15) is 19.4 Å². The summed E-state index contributed by atoms with van der Waals surface area (Å²) >= 11 is 0. The van der Waals surface area contributed by atoms with Crippen LogP contribution in [0, 0.1) is 17.2 Å². The van der Waals surface area contributed by atoms with Crippen molar-refractivity contribution in [3.63, 3.8) is 0 Å². The minimum absolute atomic E-state index is 0.121. The average Bonchev–Trinajstić information content (AvgIpc) is 2.53. The van der Waals surface area contributed by atoms with Crippen molar-refractivity contribution in [2.45, 2.75) is 13.8 Å². The molecule has 0 amide bonds. The number of Topliss-reactive ketones (excluding diaryl/α,β-unsaturated/α-hetero) is 1. The number of hydrogen-bond donors (Lipinski definition) is 0. The lowest BCUT2D eigenvalue weighted by molar-refractivity contribution is -0.117. The summed E-state index contributed by atoms with van der Waals surface area (Å²) in [5.74, 6) is -0.288. The second-order valence-electron chi connectivity index (χ2n) is 5.18. The fraction of sp³-hybridized carbons (Fsp3) is 0.158. The summed E-state index contributed by atoms with van der Waals surface area (Å²) in [5.41, 5.74) is 3.32. The van der Waals surface area contributed by atoms with E-state index in [9.17, 15) is 4.79 Å². The Bertz CT molecular complexity index is 689. The second-order valence-corrected chi connectivity index (χ2v) is 5.18. The number of carbonyl (C=O) groups excluding carboxylic acids is 1. The molecule has 104 valence electrons. The van der Waals surface area contributed by atoms with Gasteiger partial charge in [-0.05, 0) is 22.8 Å². The molecule has 0 bridgehead atoms. The SMILES string of the molecule is CC(C)C(=O)/C(C#N)=C/c1ccc(-c2ccccc2)cc1. The first-order chi connectivity index (χ1) is 10.1. The molecule has 0 atom stereocenters. The van der Waals surface area contributed by atoms with Gasteiger partial charge in [0.25, 0.3) is 0 Å². The van der Waals surface area contributed by atoms with Crippen molar-refractivity contribution in [3.05, 3.63) is 65.7 Å². The Morgan fingerprint density at radius 2 is 1.57 bits per heavy atom. The lowest BCUT2D eigenvalue weighted by Crippen LogP contribution is -2.08. The third kappa shape index (κ3) is 3.67. The van der Waals surface area contributed by atoms with Crippen LogP contribution in [0.2, 0.25) is 0 Å². The second kappa shape index (κ2) is 6.67. The number of ketones is 1. The summed E-state index contributed by atoms with van der Waals surface area (Å²) in [7, 11) is 0. The van der Waals surface area contributed by atoms with Gasteiger partial charge in [-0.1, -0.05) is 68.4 Å². The predicted molar refractivity (Wildman–Crippen MR) is 85.3 cm³/mol. The van der Waals surface area contributed by atoms with E-state index in [2.05, 4.69) is 0 Å². The average molecular weight is 275 g/mol. The van der Waals surface area contributed by atoms with Crippen LogP contribution in [-0.2, 0) is 4.79 Å². The molecule has 2 heteroatoms. The highest BCUT2D eigenvalue weighted by Gasteiger charge is 2.13. The lowest BCUT2D eigenvalue weighted by Gasteiger charge is -2.04. The van der Waals surface area contributed by atoms with Crippen LogP contribution in [0.15, 0.2) is 60.2 Å². The van der Waals surface area contributed by atoms with E-state index < -0.39 is 0 Å². The molecule has 0 saturated carbocycles. The standard InChI is InChI=1S/C19H17NO/c1-14(2)19(21)18(13-20)12-15-8-10-17(11-9-15)16-6-4-3-5-7-16/h3-12,14H,1-2H3/b18-12+. The van der Waals surface area contributed by atoms with Gasteiger partial charge in [0, 0.05) is 5.92 Å². The molecule has 0 aliphatic carbocycles. The summed E-state index contributed by atoms with van der Waals surface area (Å²) in [6.07, 6.45) is 1.65. The molecule has 2 aromatic carbocycles. The first kappa shape index (κ1) is 14.7. The number of rotatable bonds is 4. The molecule has 2 aromatic rings. The Labute approximate surface area is 125 Å². The van der Waals surface area contributed by atoms with Crippen molar-refractivity contribution in [2.75, 3.05) is 0 Å². The molecular weight excluding hydrogens is 258 g/mol. The van der Waals surface area contributed by atoms with Crippen molar-refractivity contribution in [1.29, 1.82) is 5.26 Å². The molecule has 21 heavy (non-hydrogen) atoms. The van der Waals surface area contributed by atoms with Crippen LogP contribution in [-0.4, -0.2) is 5.78 Å². The number of nitriles is 1. The third-order valence-corrected chi connectivity index (χ3v) is 3.24.